The molecule has 1 unspecified atom stereocenters. The zero-order valence-corrected chi connectivity index (χ0v) is 10.7. The van der Waals surface area contributed by atoms with Gasteiger partial charge in [-0.3, -0.25) is 0 Å². The second-order valence-electron chi connectivity index (χ2n) is 3.92. The van der Waals surface area contributed by atoms with Crippen molar-refractivity contribution in [3.63, 3.8) is 0 Å². The molecular formula is C8H21N3O2S. The maximum Gasteiger partial charge on any atom is 0.281 e. The Bertz CT molecular complexity index is 262. The molecule has 0 saturated carbocycles. The average Bonchev–Trinajstić information content (AvgIpc) is 2.01. The predicted molar refractivity (Wildman–Crippen MR) is 58.4 cm³/mol. The van der Waals surface area contributed by atoms with E-state index in [1.165, 1.54) is 22.7 Å². The molecule has 0 aliphatic rings. The fourth-order valence-corrected chi connectivity index (χ4v) is 2.17. The molecule has 0 amide bonds. The molecule has 0 radical (unpaired) electrons. The van der Waals surface area contributed by atoms with Crippen LogP contribution in [0.2, 0.25) is 0 Å². The van der Waals surface area contributed by atoms with Crippen LogP contribution in [0.25, 0.3) is 0 Å². The molecule has 0 fully saturated rings. The van der Waals surface area contributed by atoms with Crippen molar-refractivity contribution in [3.8, 4) is 0 Å². The summed E-state index contributed by atoms with van der Waals surface area (Å²) in [4.78, 5) is 1.96. The van der Waals surface area contributed by atoms with Gasteiger partial charge in [0.1, 0.15) is 0 Å². The predicted octanol–water partition coefficient (Wildman–Crippen LogP) is -0.325. The molecule has 5 nitrogen and oxygen atoms in total. The molecule has 0 saturated heterocycles. The summed E-state index contributed by atoms with van der Waals surface area (Å²) in [6, 6.07) is -0.0302. The Balaban J connectivity index is 4.54. The Kier molecular flexibility index (Phi) is 5.00. The number of rotatable bonds is 5. The summed E-state index contributed by atoms with van der Waals surface area (Å²) < 4.78 is 26.0. The van der Waals surface area contributed by atoms with Crippen LogP contribution in [-0.4, -0.2) is 69.8 Å². The van der Waals surface area contributed by atoms with Crippen LogP contribution >= 0.6 is 0 Å². The minimum absolute atomic E-state index is 0.0302. The monoisotopic (exact) mass is 223 g/mol. The maximum absolute atomic E-state index is 11.7. The van der Waals surface area contributed by atoms with E-state index in [1.807, 2.05) is 25.9 Å². The van der Waals surface area contributed by atoms with E-state index in [0.717, 1.165) is 0 Å². The Morgan fingerprint density at radius 3 is 1.79 bits per heavy atom. The third kappa shape index (κ3) is 3.53. The quantitative estimate of drug-likeness (QED) is 0.641. The lowest BCUT2D eigenvalue weighted by atomic mass is 10.3. The minimum Gasteiger partial charge on any atom is -0.308 e. The Hall–Kier alpha value is -0.170. The Morgan fingerprint density at radius 1 is 1.07 bits per heavy atom. The Labute approximate surface area is 87.5 Å². The summed E-state index contributed by atoms with van der Waals surface area (Å²) in [5, 5.41) is 0. The normalized spacial score (nSPS) is 15.5. The molecule has 0 aromatic rings. The van der Waals surface area contributed by atoms with E-state index in [1.54, 1.807) is 7.05 Å². The topological polar surface area (TPSA) is 43.9 Å². The highest BCUT2D eigenvalue weighted by Crippen LogP contribution is 2.06. The molecular weight excluding hydrogens is 202 g/mol. The molecule has 0 heterocycles. The lowest BCUT2D eigenvalue weighted by Crippen LogP contribution is -2.46. The molecule has 0 aromatic carbocycles. The molecule has 14 heavy (non-hydrogen) atoms. The molecule has 1 atom stereocenters. The van der Waals surface area contributed by atoms with Crippen LogP contribution in [0.1, 0.15) is 6.92 Å². The maximum atomic E-state index is 11.7. The van der Waals surface area contributed by atoms with Crippen molar-refractivity contribution in [1.29, 1.82) is 0 Å². The summed E-state index contributed by atoms with van der Waals surface area (Å²) in [6.07, 6.45) is 0. The summed E-state index contributed by atoms with van der Waals surface area (Å²) in [7, 11) is 5.24. The van der Waals surface area contributed by atoms with Crippen molar-refractivity contribution in [2.45, 2.75) is 13.0 Å². The van der Waals surface area contributed by atoms with Crippen LogP contribution < -0.4 is 0 Å². The van der Waals surface area contributed by atoms with Crippen LogP contribution in [0, 0.1) is 0 Å². The lowest BCUT2D eigenvalue weighted by Gasteiger charge is -2.28. The number of likely N-dealkylation sites (N-methyl/N-ethyl adjacent to an activating group) is 2. The van der Waals surface area contributed by atoms with E-state index in [-0.39, 0.29) is 6.04 Å². The highest BCUT2D eigenvalue weighted by atomic mass is 32.2. The second kappa shape index (κ2) is 5.06. The van der Waals surface area contributed by atoms with Crippen LogP contribution in [-0.2, 0) is 10.2 Å². The van der Waals surface area contributed by atoms with Crippen molar-refractivity contribution >= 4 is 10.2 Å². The SMILES string of the molecule is CC(CN(C)C)N(C)S(=O)(=O)N(C)C. The third-order valence-electron chi connectivity index (χ3n) is 2.08. The fourth-order valence-electron chi connectivity index (χ4n) is 1.13. The molecule has 86 valence electrons. The van der Waals surface area contributed by atoms with E-state index in [4.69, 9.17) is 0 Å². The number of hydrogen-bond donors (Lipinski definition) is 0. The van der Waals surface area contributed by atoms with Gasteiger partial charge in [-0.2, -0.15) is 17.0 Å². The molecule has 0 N–H and O–H groups in total. The first-order valence-corrected chi connectivity index (χ1v) is 5.89. The fraction of sp³-hybridized carbons (Fsp3) is 1.00. The van der Waals surface area contributed by atoms with Gasteiger partial charge < -0.3 is 4.90 Å². The summed E-state index contributed by atoms with van der Waals surface area (Å²) in [5.74, 6) is 0. The van der Waals surface area contributed by atoms with E-state index in [2.05, 4.69) is 0 Å². The van der Waals surface area contributed by atoms with Crippen molar-refractivity contribution in [1.82, 2.24) is 13.5 Å². The first-order valence-electron chi connectivity index (χ1n) is 4.49. The van der Waals surface area contributed by atoms with Crippen molar-refractivity contribution in [3.05, 3.63) is 0 Å². The second-order valence-corrected chi connectivity index (χ2v) is 6.12. The standard InChI is InChI=1S/C8H21N3O2S/c1-8(7-9(2)3)11(6)14(12,13)10(4)5/h8H,7H2,1-6H3. The molecule has 0 spiro atoms. The van der Waals surface area contributed by atoms with E-state index in [0.29, 0.717) is 6.54 Å². The van der Waals surface area contributed by atoms with Gasteiger partial charge in [0.05, 0.1) is 0 Å². The van der Waals surface area contributed by atoms with Crippen LogP contribution in [0.5, 0.6) is 0 Å². The molecule has 0 bridgehead atoms. The highest BCUT2D eigenvalue weighted by Gasteiger charge is 2.25. The van der Waals surface area contributed by atoms with Crippen molar-refractivity contribution < 1.29 is 8.42 Å². The van der Waals surface area contributed by atoms with Gasteiger partial charge in [-0.1, -0.05) is 0 Å². The molecule has 0 aromatic heterocycles. The molecule has 0 rings (SSSR count). The van der Waals surface area contributed by atoms with Crippen LogP contribution in [0.4, 0.5) is 0 Å². The molecule has 6 heteroatoms. The smallest absolute Gasteiger partial charge is 0.281 e. The van der Waals surface area contributed by atoms with Gasteiger partial charge in [-0.05, 0) is 21.0 Å². The van der Waals surface area contributed by atoms with Gasteiger partial charge in [0, 0.05) is 33.7 Å². The van der Waals surface area contributed by atoms with E-state index in [9.17, 15) is 8.42 Å². The van der Waals surface area contributed by atoms with Gasteiger partial charge >= 0.3 is 0 Å². The number of hydrogen-bond acceptors (Lipinski definition) is 3. The van der Waals surface area contributed by atoms with Crippen molar-refractivity contribution in [2.75, 3.05) is 41.8 Å². The van der Waals surface area contributed by atoms with E-state index < -0.39 is 10.2 Å². The minimum atomic E-state index is -3.28. The number of nitrogens with zero attached hydrogens (tertiary/aromatic N) is 3. The lowest BCUT2D eigenvalue weighted by molar-refractivity contribution is 0.281. The van der Waals surface area contributed by atoms with Crippen LogP contribution in [0.15, 0.2) is 0 Å². The van der Waals surface area contributed by atoms with Gasteiger partial charge in [0.2, 0.25) is 0 Å². The highest BCUT2D eigenvalue weighted by molar-refractivity contribution is 7.86. The first-order chi connectivity index (χ1) is 6.19. The summed E-state index contributed by atoms with van der Waals surface area (Å²) in [5.41, 5.74) is 0. The molecule has 0 aliphatic carbocycles. The van der Waals surface area contributed by atoms with Gasteiger partial charge in [0.15, 0.2) is 0 Å². The first kappa shape index (κ1) is 13.8. The average molecular weight is 223 g/mol. The zero-order valence-electron chi connectivity index (χ0n) is 9.85. The van der Waals surface area contributed by atoms with Crippen molar-refractivity contribution in [2.24, 2.45) is 0 Å². The van der Waals surface area contributed by atoms with Crippen LogP contribution in [0.3, 0.4) is 0 Å². The van der Waals surface area contributed by atoms with Gasteiger partial charge in [-0.15, -0.1) is 0 Å². The summed E-state index contributed by atoms with van der Waals surface area (Å²) in [6.45, 7) is 2.60. The van der Waals surface area contributed by atoms with E-state index >= 15 is 0 Å². The zero-order chi connectivity index (χ0) is 11.5. The largest absolute Gasteiger partial charge is 0.308 e. The molecule has 0 aliphatic heterocycles. The summed E-state index contributed by atoms with van der Waals surface area (Å²) >= 11 is 0. The third-order valence-corrected chi connectivity index (χ3v) is 4.09. The van der Waals surface area contributed by atoms with Gasteiger partial charge in [-0.25, -0.2) is 0 Å². The Morgan fingerprint density at radius 2 is 1.50 bits per heavy atom. The van der Waals surface area contributed by atoms with Gasteiger partial charge in [0.25, 0.3) is 10.2 Å².